The molecule has 27 heavy (non-hydrogen) atoms. The van der Waals surface area contributed by atoms with Crippen LogP contribution in [0.25, 0.3) is 11.6 Å². The summed E-state index contributed by atoms with van der Waals surface area (Å²) in [5.74, 6) is 2.56. The maximum Gasteiger partial charge on any atom is 0.199 e. The molecule has 134 valence electrons. The van der Waals surface area contributed by atoms with E-state index in [4.69, 9.17) is 4.42 Å². The molecule has 5 nitrogen and oxygen atoms in total. The van der Waals surface area contributed by atoms with Gasteiger partial charge < -0.3 is 8.98 Å². The number of rotatable bonds is 4. The molecule has 0 spiro atoms. The molecule has 1 aliphatic rings. The molecule has 2 aromatic carbocycles. The molecule has 5 heteroatoms. The van der Waals surface area contributed by atoms with Crippen LogP contribution in [0.4, 0.5) is 0 Å². The second-order valence-electron chi connectivity index (χ2n) is 6.76. The number of aromatic nitrogens is 3. The van der Waals surface area contributed by atoms with Gasteiger partial charge in [-0.1, -0.05) is 60.7 Å². The summed E-state index contributed by atoms with van der Waals surface area (Å²) in [6.45, 7) is 2.52. The monoisotopic (exact) mass is 356 g/mol. The third-order valence-electron chi connectivity index (χ3n) is 5.12. The second-order valence-corrected chi connectivity index (χ2v) is 6.76. The Morgan fingerprint density at radius 3 is 2.11 bits per heavy atom. The Labute approximate surface area is 157 Å². The lowest BCUT2D eigenvalue weighted by Crippen LogP contribution is -2.37. The van der Waals surface area contributed by atoms with Crippen LogP contribution in [-0.4, -0.2) is 26.2 Å². The Morgan fingerprint density at radius 1 is 0.778 bits per heavy atom. The third kappa shape index (κ3) is 2.96. The van der Waals surface area contributed by atoms with Crippen LogP contribution in [0.2, 0.25) is 0 Å². The summed E-state index contributed by atoms with van der Waals surface area (Å²) >= 11 is 0. The number of nitrogens with zero attached hydrogens (tertiary/aromatic N) is 4. The fourth-order valence-electron chi connectivity index (χ4n) is 3.87. The molecule has 2 aromatic heterocycles. The summed E-state index contributed by atoms with van der Waals surface area (Å²) in [7, 11) is 0. The van der Waals surface area contributed by atoms with E-state index in [-0.39, 0.29) is 6.04 Å². The predicted molar refractivity (Wildman–Crippen MR) is 103 cm³/mol. The first kappa shape index (κ1) is 16.0. The molecular formula is C22H20N4O. The van der Waals surface area contributed by atoms with Crippen LogP contribution in [0.15, 0.2) is 83.5 Å². The number of furan rings is 1. The maximum absolute atomic E-state index is 5.52. The lowest BCUT2D eigenvalue weighted by molar-refractivity contribution is 0.176. The molecular weight excluding hydrogens is 336 g/mol. The average Bonchev–Trinajstić information content (AvgIpc) is 3.39. The molecule has 1 aliphatic heterocycles. The summed E-state index contributed by atoms with van der Waals surface area (Å²) < 4.78 is 7.69. The Bertz CT molecular complexity index is 970. The van der Waals surface area contributed by atoms with Crippen molar-refractivity contribution in [3.8, 4) is 11.6 Å². The molecule has 5 rings (SSSR count). The van der Waals surface area contributed by atoms with Crippen molar-refractivity contribution in [1.82, 2.24) is 19.7 Å². The van der Waals surface area contributed by atoms with Crippen LogP contribution in [0.1, 0.15) is 23.0 Å². The molecule has 0 saturated carbocycles. The van der Waals surface area contributed by atoms with E-state index in [9.17, 15) is 0 Å². The average molecular weight is 356 g/mol. The Hall–Kier alpha value is -3.18. The highest BCUT2D eigenvalue weighted by Gasteiger charge is 2.29. The van der Waals surface area contributed by atoms with Gasteiger partial charge >= 0.3 is 0 Å². The van der Waals surface area contributed by atoms with E-state index in [1.54, 1.807) is 6.26 Å². The molecule has 0 saturated heterocycles. The van der Waals surface area contributed by atoms with E-state index in [0.717, 1.165) is 37.0 Å². The SMILES string of the molecule is c1ccc(C(c2ccccc2)N2CCn3c(nnc3-c3ccco3)C2)cc1. The Balaban J connectivity index is 1.50. The van der Waals surface area contributed by atoms with E-state index in [0.29, 0.717) is 0 Å². The largest absolute Gasteiger partial charge is 0.461 e. The lowest BCUT2D eigenvalue weighted by atomic mass is 9.96. The van der Waals surface area contributed by atoms with E-state index in [2.05, 4.69) is 80.3 Å². The highest BCUT2D eigenvalue weighted by molar-refractivity contribution is 5.47. The molecule has 0 N–H and O–H groups in total. The fourth-order valence-corrected chi connectivity index (χ4v) is 3.87. The van der Waals surface area contributed by atoms with Crippen molar-refractivity contribution in [3.05, 3.63) is 96.0 Å². The predicted octanol–water partition coefficient (Wildman–Crippen LogP) is 4.14. The first-order valence-corrected chi connectivity index (χ1v) is 9.20. The van der Waals surface area contributed by atoms with E-state index < -0.39 is 0 Å². The molecule has 0 amide bonds. The number of benzene rings is 2. The summed E-state index contributed by atoms with van der Waals surface area (Å²) in [4.78, 5) is 2.47. The van der Waals surface area contributed by atoms with E-state index in [1.807, 2.05) is 12.1 Å². The van der Waals surface area contributed by atoms with E-state index >= 15 is 0 Å². The van der Waals surface area contributed by atoms with E-state index in [1.165, 1.54) is 11.1 Å². The zero-order valence-electron chi connectivity index (χ0n) is 14.9. The van der Waals surface area contributed by atoms with Crippen molar-refractivity contribution < 1.29 is 4.42 Å². The number of hydrogen-bond donors (Lipinski definition) is 0. The van der Waals surface area contributed by atoms with Gasteiger partial charge in [-0.3, -0.25) is 4.90 Å². The highest BCUT2D eigenvalue weighted by Crippen LogP contribution is 2.32. The van der Waals surface area contributed by atoms with Crippen LogP contribution in [0, 0.1) is 0 Å². The van der Waals surface area contributed by atoms with Crippen molar-refractivity contribution >= 4 is 0 Å². The zero-order chi connectivity index (χ0) is 18.1. The minimum Gasteiger partial charge on any atom is -0.461 e. The molecule has 0 radical (unpaired) electrons. The smallest absolute Gasteiger partial charge is 0.199 e. The third-order valence-corrected chi connectivity index (χ3v) is 5.12. The second kappa shape index (κ2) is 6.85. The van der Waals surface area contributed by atoms with Gasteiger partial charge in [-0.25, -0.2) is 0 Å². The van der Waals surface area contributed by atoms with Crippen molar-refractivity contribution in [3.63, 3.8) is 0 Å². The molecule has 4 aromatic rings. The molecule has 0 fully saturated rings. The summed E-state index contributed by atoms with van der Waals surface area (Å²) in [5, 5.41) is 8.82. The Kier molecular flexibility index (Phi) is 4.07. The quantitative estimate of drug-likeness (QED) is 0.551. The molecule has 0 atom stereocenters. The van der Waals surface area contributed by atoms with Crippen molar-refractivity contribution in [2.75, 3.05) is 6.54 Å². The highest BCUT2D eigenvalue weighted by atomic mass is 16.3. The van der Waals surface area contributed by atoms with Gasteiger partial charge in [0.25, 0.3) is 0 Å². The van der Waals surface area contributed by atoms with Gasteiger partial charge in [-0.05, 0) is 23.3 Å². The first-order valence-electron chi connectivity index (χ1n) is 9.20. The van der Waals surface area contributed by atoms with Crippen molar-refractivity contribution in [1.29, 1.82) is 0 Å². The lowest BCUT2D eigenvalue weighted by Gasteiger charge is -2.35. The maximum atomic E-state index is 5.52. The standard InChI is InChI=1S/C22H20N4O/c1-3-8-17(9-4-1)21(18-10-5-2-6-11-18)25-13-14-26-20(16-25)23-24-22(26)19-12-7-15-27-19/h1-12,15,21H,13-14,16H2. The zero-order valence-corrected chi connectivity index (χ0v) is 14.9. The van der Waals surface area contributed by atoms with Crippen molar-refractivity contribution in [2.24, 2.45) is 0 Å². The van der Waals surface area contributed by atoms with Gasteiger partial charge in [0.2, 0.25) is 0 Å². The minimum absolute atomic E-state index is 0.199. The van der Waals surface area contributed by atoms with Gasteiger partial charge in [0, 0.05) is 13.1 Å². The topological polar surface area (TPSA) is 47.1 Å². The summed E-state index contributed by atoms with van der Waals surface area (Å²) in [6.07, 6.45) is 1.67. The van der Waals surface area contributed by atoms with Crippen LogP contribution in [0.3, 0.4) is 0 Å². The Morgan fingerprint density at radius 2 is 1.48 bits per heavy atom. The molecule has 3 heterocycles. The van der Waals surface area contributed by atoms with Gasteiger partial charge in [-0.15, -0.1) is 10.2 Å². The van der Waals surface area contributed by atoms with Crippen LogP contribution in [0.5, 0.6) is 0 Å². The van der Waals surface area contributed by atoms with Crippen LogP contribution < -0.4 is 0 Å². The van der Waals surface area contributed by atoms with Crippen LogP contribution >= 0.6 is 0 Å². The minimum atomic E-state index is 0.199. The first-order chi connectivity index (χ1) is 13.4. The van der Waals surface area contributed by atoms with Crippen molar-refractivity contribution in [2.45, 2.75) is 19.1 Å². The summed E-state index contributed by atoms with van der Waals surface area (Å²) in [6, 6.07) is 25.4. The number of hydrogen-bond acceptors (Lipinski definition) is 4. The molecule has 0 unspecified atom stereocenters. The molecule has 0 aliphatic carbocycles. The number of fused-ring (bicyclic) bond motifs is 1. The van der Waals surface area contributed by atoms with Gasteiger partial charge in [-0.2, -0.15) is 0 Å². The van der Waals surface area contributed by atoms with Gasteiger partial charge in [0.1, 0.15) is 5.82 Å². The van der Waals surface area contributed by atoms with Gasteiger partial charge in [0.05, 0.1) is 18.8 Å². The van der Waals surface area contributed by atoms with Crippen LogP contribution in [-0.2, 0) is 13.1 Å². The normalized spacial score (nSPS) is 14.4. The summed E-state index contributed by atoms with van der Waals surface area (Å²) in [5.41, 5.74) is 2.59. The fraction of sp³-hybridized carbons (Fsp3) is 0.182. The molecule has 0 bridgehead atoms. The van der Waals surface area contributed by atoms with Gasteiger partial charge in [0.15, 0.2) is 11.6 Å².